The standard InChI is InChI=1S/C9H13N3/c1-7(10)4-5-9-6-12(3)11-8(9)2/h6-7H,10H2,1-3H3. The van der Waals surface area contributed by atoms with Gasteiger partial charge in [0.25, 0.3) is 0 Å². The molecule has 1 aromatic heterocycles. The lowest BCUT2D eigenvalue weighted by Gasteiger charge is -1.87. The maximum absolute atomic E-state index is 5.50. The lowest BCUT2D eigenvalue weighted by Crippen LogP contribution is -2.10. The third kappa shape index (κ3) is 2.11. The van der Waals surface area contributed by atoms with Crippen LogP contribution in [-0.2, 0) is 7.05 Å². The lowest BCUT2D eigenvalue weighted by atomic mass is 10.2. The normalized spacial score (nSPS) is 12.0. The van der Waals surface area contributed by atoms with Crippen molar-refractivity contribution < 1.29 is 0 Å². The first-order valence-electron chi connectivity index (χ1n) is 3.87. The van der Waals surface area contributed by atoms with Crippen LogP contribution in [0.4, 0.5) is 0 Å². The number of aryl methyl sites for hydroxylation is 2. The molecule has 0 bridgehead atoms. The largest absolute Gasteiger partial charge is 0.318 e. The molecule has 0 saturated carbocycles. The average Bonchev–Trinajstić information content (AvgIpc) is 2.26. The predicted octanol–water partition coefficient (Wildman–Crippen LogP) is 0.427. The van der Waals surface area contributed by atoms with Crippen LogP contribution in [-0.4, -0.2) is 15.8 Å². The van der Waals surface area contributed by atoms with Crippen molar-refractivity contribution in [3.8, 4) is 11.8 Å². The Balaban J connectivity index is 2.91. The summed E-state index contributed by atoms with van der Waals surface area (Å²) in [6, 6.07) is -0.0791. The molecule has 64 valence electrons. The van der Waals surface area contributed by atoms with Crippen LogP contribution in [0.5, 0.6) is 0 Å². The molecule has 0 radical (unpaired) electrons. The second kappa shape index (κ2) is 3.42. The van der Waals surface area contributed by atoms with Crippen molar-refractivity contribution in [2.45, 2.75) is 19.9 Å². The molecule has 1 unspecified atom stereocenters. The Morgan fingerprint density at radius 1 is 1.67 bits per heavy atom. The summed E-state index contributed by atoms with van der Waals surface area (Å²) in [5, 5.41) is 4.16. The molecule has 1 aromatic rings. The molecule has 0 aromatic carbocycles. The van der Waals surface area contributed by atoms with Gasteiger partial charge in [-0.05, 0) is 13.8 Å². The fourth-order valence-electron chi connectivity index (χ4n) is 0.914. The Morgan fingerprint density at radius 3 is 2.75 bits per heavy atom. The van der Waals surface area contributed by atoms with Crippen molar-refractivity contribution in [3.63, 3.8) is 0 Å². The minimum atomic E-state index is -0.0791. The minimum absolute atomic E-state index is 0.0791. The van der Waals surface area contributed by atoms with E-state index in [2.05, 4.69) is 16.9 Å². The number of nitrogens with zero attached hydrogens (tertiary/aromatic N) is 2. The van der Waals surface area contributed by atoms with Crippen molar-refractivity contribution in [2.24, 2.45) is 12.8 Å². The zero-order chi connectivity index (χ0) is 9.14. The summed E-state index contributed by atoms with van der Waals surface area (Å²) in [5.74, 6) is 5.87. The second-order valence-corrected chi connectivity index (χ2v) is 2.86. The summed E-state index contributed by atoms with van der Waals surface area (Å²) in [7, 11) is 1.88. The second-order valence-electron chi connectivity index (χ2n) is 2.86. The fourth-order valence-corrected chi connectivity index (χ4v) is 0.914. The Bertz CT molecular complexity index is 325. The summed E-state index contributed by atoms with van der Waals surface area (Å²) in [4.78, 5) is 0. The lowest BCUT2D eigenvalue weighted by molar-refractivity contribution is 0.756. The third-order valence-electron chi connectivity index (χ3n) is 1.45. The number of rotatable bonds is 0. The van der Waals surface area contributed by atoms with E-state index in [4.69, 9.17) is 5.73 Å². The smallest absolute Gasteiger partial charge is 0.0750 e. The molecule has 0 saturated heterocycles. The summed E-state index contributed by atoms with van der Waals surface area (Å²) in [6.45, 7) is 3.80. The Hall–Kier alpha value is -1.27. The maximum atomic E-state index is 5.50. The zero-order valence-electron chi connectivity index (χ0n) is 7.63. The maximum Gasteiger partial charge on any atom is 0.0750 e. The Kier molecular flexibility index (Phi) is 2.51. The van der Waals surface area contributed by atoms with Crippen LogP contribution in [0.3, 0.4) is 0 Å². The molecule has 0 amide bonds. The molecular weight excluding hydrogens is 150 g/mol. The summed E-state index contributed by atoms with van der Waals surface area (Å²) < 4.78 is 1.75. The summed E-state index contributed by atoms with van der Waals surface area (Å²) in [5.41, 5.74) is 7.40. The van der Waals surface area contributed by atoms with Crippen LogP contribution in [0.1, 0.15) is 18.2 Å². The first-order chi connectivity index (χ1) is 5.59. The number of aromatic nitrogens is 2. The molecule has 0 aliphatic carbocycles. The molecule has 3 nitrogen and oxygen atoms in total. The minimum Gasteiger partial charge on any atom is -0.318 e. The van der Waals surface area contributed by atoms with Crippen LogP contribution < -0.4 is 5.73 Å². The molecule has 1 atom stereocenters. The molecule has 1 rings (SSSR count). The summed E-state index contributed by atoms with van der Waals surface area (Å²) in [6.07, 6.45) is 1.89. The molecule has 3 heteroatoms. The van der Waals surface area contributed by atoms with E-state index in [1.165, 1.54) is 0 Å². The van der Waals surface area contributed by atoms with E-state index in [9.17, 15) is 0 Å². The van der Waals surface area contributed by atoms with Crippen LogP contribution in [0.15, 0.2) is 6.20 Å². The van der Waals surface area contributed by atoms with Crippen molar-refractivity contribution >= 4 is 0 Å². The fraction of sp³-hybridized carbons (Fsp3) is 0.444. The molecule has 0 aliphatic heterocycles. The van der Waals surface area contributed by atoms with E-state index < -0.39 is 0 Å². The topological polar surface area (TPSA) is 43.8 Å². The van der Waals surface area contributed by atoms with Gasteiger partial charge in [0.05, 0.1) is 17.3 Å². The van der Waals surface area contributed by atoms with E-state index in [1.54, 1.807) is 4.68 Å². The van der Waals surface area contributed by atoms with Gasteiger partial charge < -0.3 is 5.73 Å². The third-order valence-corrected chi connectivity index (χ3v) is 1.45. The van der Waals surface area contributed by atoms with Gasteiger partial charge in [0.15, 0.2) is 0 Å². The van der Waals surface area contributed by atoms with Gasteiger partial charge in [-0.25, -0.2) is 0 Å². The highest BCUT2D eigenvalue weighted by Crippen LogP contribution is 2.01. The monoisotopic (exact) mass is 163 g/mol. The molecule has 0 aliphatic rings. The van der Waals surface area contributed by atoms with Gasteiger partial charge in [0.2, 0.25) is 0 Å². The predicted molar refractivity (Wildman–Crippen MR) is 48.5 cm³/mol. The van der Waals surface area contributed by atoms with Gasteiger partial charge in [-0.3, -0.25) is 4.68 Å². The van der Waals surface area contributed by atoms with E-state index in [0.29, 0.717) is 0 Å². The molecule has 1 heterocycles. The Labute approximate surface area is 72.6 Å². The van der Waals surface area contributed by atoms with Gasteiger partial charge in [-0.15, -0.1) is 0 Å². The first-order valence-corrected chi connectivity index (χ1v) is 3.87. The SMILES string of the molecule is Cc1nn(C)cc1C#CC(C)N. The van der Waals surface area contributed by atoms with Gasteiger partial charge in [0.1, 0.15) is 0 Å². The van der Waals surface area contributed by atoms with E-state index in [-0.39, 0.29) is 6.04 Å². The van der Waals surface area contributed by atoms with E-state index in [1.807, 2.05) is 27.1 Å². The van der Waals surface area contributed by atoms with Crippen LogP contribution in [0.2, 0.25) is 0 Å². The zero-order valence-corrected chi connectivity index (χ0v) is 7.63. The van der Waals surface area contributed by atoms with E-state index >= 15 is 0 Å². The Morgan fingerprint density at radius 2 is 2.33 bits per heavy atom. The van der Waals surface area contributed by atoms with Gasteiger partial charge in [0, 0.05) is 13.2 Å². The van der Waals surface area contributed by atoms with Gasteiger partial charge in [-0.1, -0.05) is 11.8 Å². The molecule has 0 fully saturated rings. The molecule has 2 N–H and O–H groups in total. The molecular formula is C9H13N3. The van der Waals surface area contributed by atoms with E-state index in [0.717, 1.165) is 11.3 Å². The summed E-state index contributed by atoms with van der Waals surface area (Å²) >= 11 is 0. The van der Waals surface area contributed by atoms with Crippen molar-refractivity contribution in [1.82, 2.24) is 9.78 Å². The van der Waals surface area contributed by atoms with Crippen LogP contribution in [0.25, 0.3) is 0 Å². The average molecular weight is 163 g/mol. The quantitative estimate of drug-likeness (QED) is 0.563. The highest BCUT2D eigenvalue weighted by atomic mass is 15.2. The van der Waals surface area contributed by atoms with Crippen LogP contribution in [0, 0.1) is 18.8 Å². The van der Waals surface area contributed by atoms with Crippen molar-refractivity contribution in [1.29, 1.82) is 0 Å². The highest BCUT2D eigenvalue weighted by molar-refractivity contribution is 5.36. The van der Waals surface area contributed by atoms with Gasteiger partial charge >= 0.3 is 0 Å². The molecule has 12 heavy (non-hydrogen) atoms. The first kappa shape index (κ1) is 8.82. The van der Waals surface area contributed by atoms with Crippen molar-refractivity contribution in [2.75, 3.05) is 0 Å². The molecule has 0 spiro atoms. The van der Waals surface area contributed by atoms with Crippen LogP contribution >= 0.6 is 0 Å². The number of hydrogen-bond donors (Lipinski definition) is 1. The highest BCUT2D eigenvalue weighted by Gasteiger charge is 1.97. The number of hydrogen-bond acceptors (Lipinski definition) is 2. The van der Waals surface area contributed by atoms with Gasteiger partial charge in [-0.2, -0.15) is 5.10 Å². The van der Waals surface area contributed by atoms with Crippen molar-refractivity contribution in [3.05, 3.63) is 17.5 Å². The number of nitrogens with two attached hydrogens (primary N) is 1.